The summed E-state index contributed by atoms with van der Waals surface area (Å²) < 4.78 is 10.6. The lowest BCUT2D eigenvalue weighted by Crippen LogP contribution is -2.47. The fourth-order valence-electron chi connectivity index (χ4n) is 3.68. The zero-order chi connectivity index (χ0) is 19.6. The Morgan fingerprint density at radius 1 is 1.18 bits per heavy atom. The predicted octanol–water partition coefficient (Wildman–Crippen LogP) is 1.95. The Balaban J connectivity index is 0.00000280. The summed E-state index contributed by atoms with van der Waals surface area (Å²) in [6.45, 7) is 5.61. The van der Waals surface area contributed by atoms with Gasteiger partial charge in [-0.3, -0.25) is 9.59 Å². The minimum absolute atomic E-state index is 0. The predicted molar refractivity (Wildman–Crippen MR) is 109 cm³/mol. The Morgan fingerprint density at radius 3 is 2.46 bits per heavy atom. The van der Waals surface area contributed by atoms with Gasteiger partial charge in [0.2, 0.25) is 11.8 Å². The van der Waals surface area contributed by atoms with Gasteiger partial charge < -0.3 is 19.3 Å². The monoisotopic (exact) mass is 408 g/mol. The molecule has 0 saturated carbocycles. The standard InChI is InChI=1S/C20H26N2O5.H2S/c1-13-12-27-18-10-16(20(25)26-3)4-5-17(18)11-22(13)19(24)15-6-8-21(9-7-15)14(2)23;/h4-5,10,13,15H,6-9,11-12H2,1-3H3;1H2/t13-;/m0./s1. The number of nitrogens with zero attached hydrogens (tertiary/aromatic N) is 2. The van der Waals surface area contributed by atoms with Gasteiger partial charge in [0, 0.05) is 38.0 Å². The summed E-state index contributed by atoms with van der Waals surface area (Å²) in [7, 11) is 1.34. The summed E-state index contributed by atoms with van der Waals surface area (Å²) >= 11 is 0. The van der Waals surface area contributed by atoms with E-state index in [2.05, 4.69) is 0 Å². The van der Waals surface area contributed by atoms with Crippen molar-refractivity contribution in [1.29, 1.82) is 0 Å². The van der Waals surface area contributed by atoms with Gasteiger partial charge in [0.25, 0.3) is 0 Å². The highest BCUT2D eigenvalue weighted by molar-refractivity contribution is 7.59. The van der Waals surface area contributed by atoms with Crippen molar-refractivity contribution >= 4 is 31.3 Å². The van der Waals surface area contributed by atoms with Gasteiger partial charge in [-0.2, -0.15) is 13.5 Å². The number of hydrogen-bond acceptors (Lipinski definition) is 5. The highest BCUT2D eigenvalue weighted by Crippen LogP contribution is 2.29. The lowest BCUT2D eigenvalue weighted by Gasteiger charge is -2.35. The third-order valence-electron chi connectivity index (χ3n) is 5.41. The summed E-state index contributed by atoms with van der Waals surface area (Å²) in [5, 5.41) is 0. The van der Waals surface area contributed by atoms with Crippen LogP contribution in [0.5, 0.6) is 5.75 Å². The number of amides is 2. The Hall–Kier alpha value is -2.22. The summed E-state index contributed by atoms with van der Waals surface area (Å²) in [6.07, 6.45) is 1.38. The molecule has 8 heteroatoms. The maximum Gasteiger partial charge on any atom is 0.337 e. The van der Waals surface area contributed by atoms with Gasteiger partial charge in [-0.05, 0) is 31.9 Å². The molecule has 0 unspecified atom stereocenters. The van der Waals surface area contributed by atoms with E-state index in [1.807, 2.05) is 17.9 Å². The Bertz CT molecular complexity index is 746. The van der Waals surface area contributed by atoms with Crippen molar-refractivity contribution in [2.45, 2.75) is 39.3 Å². The molecule has 0 aliphatic carbocycles. The largest absolute Gasteiger partial charge is 0.491 e. The van der Waals surface area contributed by atoms with E-state index >= 15 is 0 Å². The summed E-state index contributed by atoms with van der Waals surface area (Å²) in [4.78, 5) is 40.0. The number of benzene rings is 1. The molecule has 1 atom stereocenters. The average molecular weight is 409 g/mol. The number of rotatable bonds is 2. The molecule has 28 heavy (non-hydrogen) atoms. The number of piperidine rings is 1. The van der Waals surface area contributed by atoms with Crippen LogP contribution in [-0.4, -0.2) is 60.4 Å². The summed E-state index contributed by atoms with van der Waals surface area (Å²) in [5.41, 5.74) is 1.31. The number of esters is 1. The number of carbonyl (C=O) groups excluding carboxylic acids is 3. The van der Waals surface area contributed by atoms with E-state index in [1.165, 1.54) is 7.11 Å². The van der Waals surface area contributed by atoms with Crippen LogP contribution in [0.2, 0.25) is 0 Å². The molecule has 0 bridgehead atoms. The molecule has 154 valence electrons. The Kier molecular flexibility index (Phi) is 7.35. The number of hydrogen-bond donors (Lipinski definition) is 0. The van der Waals surface area contributed by atoms with Crippen LogP contribution < -0.4 is 4.74 Å². The Morgan fingerprint density at radius 2 is 1.86 bits per heavy atom. The third-order valence-corrected chi connectivity index (χ3v) is 5.41. The van der Waals surface area contributed by atoms with Crippen LogP contribution in [0, 0.1) is 5.92 Å². The smallest absolute Gasteiger partial charge is 0.337 e. The van der Waals surface area contributed by atoms with Crippen molar-refractivity contribution < 1.29 is 23.9 Å². The van der Waals surface area contributed by atoms with Crippen LogP contribution in [0.15, 0.2) is 18.2 Å². The van der Waals surface area contributed by atoms with Gasteiger partial charge >= 0.3 is 5.97 Å². The maximum atomic E-state index is 13.1. The summed E-state index contributed by atoms with van der Waals surface area (Å²) in [6, 6.07) is 5.11. The van der Waals surface area contributed by atoms with Crippen molar-refractivity contribution in [3.8, 4) is 5.75 Å². The van der Waals surface area contributed by atoms with Crippen molar-refractivity contribution in [2.24, 2.45) is 5.92 Å². The van der Waals surface area contributed by atoms with Crippen molar-refractivity contribution in [3.05, 3.63) is 29.3 Å². The lowest BCUT2D eigenvalue weighted by atomic mass is 9.94. The van der Waals surface area contributed by atoms with E-state index in [4.69, 9.17) is 9.47 Å². The first kappa shape index (κ1) is 22.1. The number of fused-ring (bicyclic) bond motifs is 1. The molecule has 2 aliphatic heterocycles. The quantitative estimate of drug-likeness (QED) is 0.699. The fraction of sp³-hybridized carbons (Fsp3) is 0.550. The van der Waals surface area contributed by atoms with Crippen molar-refractivity contribution in [2.75, 3.05) is 26.8 Å². The molecule has 0 N–H and O–H groups in total. The SMILES string of the molecule is COC(=O)c1ccc2c(c1)OC[C@H](C)N(C(=O)C1CCN(C(C)=O)CC1)C2.S. The Labute approximate surface area is 172 Å². The van der Waals surface area contributed by atoms with Gasteiger partial charge in [-0.1, -0.05) is 6.07 Å². The second-order valence-corrected chi connectivity index (χ2v) is 7.22. The third kappa shape index (κ3) is 4.60. The molecular formula is C20H28N2O5S. The van der Waals surface area contributed by atoms with Gasteiger partial charge in [-0.15, -0.1) is 0 Å². The van der Waals surface area contributed by atoms with E-state index in [-0.39, 0.29) is 37.3 Å². The van der Waals surface area contributed by atoms with Crippen LogP contribution in [0.25, 0.3) is 0 Å². The van der Waals surface area contributed by atoms with Crippen LogP contribution in [0.3, 0.4) is 0 Å². The molecule has 0 radical (unpaired) electrons. The molecule has 2 amide bonds. The zero-order valence-electron chi connectivity index (χ0n) is 16.6. The second-order valence-electron chi connectivity index (χ2n) is 7.22. The van der Waals surface area contributed by atoms with Crippen molar-refractivity contribution in [1.82, 2.24) is 9.80 Å². The van der Waals surface area contributed by atoms with Gasteiger partial charge in [-0.25, -0.2) is 4.79 Å². The number of likely N-dealkylation sites (tertiary alicyclic amines) is 1. The lowest BCUT2D eigenvalue weighted by molar-refractivity contribution is -0.142. The number of methoxy groups -OCH3 is 1. The fourth-order valence-corrected chi connectivity index (χ4v) is 3.68. The minimum atomic E-state index is -0.413. The normalized spacial score (nSPS) is 19.6. The number of ether oxygens (including phenoxy) is 2. The topological polar surface area (TPSA) is 76.2 Å². The molecule has 7 nitrogen and oxygen atoms in total. The molecule has 3 rings (SSSR count). The van der Waals surface area contributed by atoms with E-state index in [9.17, 15) is 14.4 Å². The molecule has 1 saturated heterocycles. The molecular weight excluding hydrogens is 380 g/mol. The van der Waals surface area contributed by atoms with E-state index in [1.54, 1.807) is 24.0 Å². The molecule has 1 aromatic carbocycles. The van der Waals surface area contributed by atoms with Crippen molar-refractivity contribution in [3.63, 3.8) is 0 Å². The summed E-state index contributed by atoms with van der Waals surface area (Å²) in [5.74, 6) is 0.307. The molecule has 2 aliphatic rings. The first-order chi connectivity index (χ1) is 12.9. The maximum absolute atomic E-state index is 13.1. The molecule has 1 fully saturated rings. The van der Waals surface area contributed by atoms with Gasteiger partial charge in [0.05, 0.1) is 18.7 Å². The van der Waals surface area contributed by atoms with E-state index < -0.39 is 5.97 Å². The van der Waals surface area contributed by atoms with Gasteiger partial charge in [0.15, 0.2) is 0 Å². The van der Waals surface area contributed by atoms with Crippen LogP contribution in [0.1, 0.15) is 42.6 Å². The van der Waals surface area contributed by atoms with Crippen LogP contribution >= 0.6 is 13.5 Å². The number of carbonyl (C=O) groups is 3. The zero-order valence-corrected chi connectivity index (χ0v) is 17.6. The molecule has 0 aromatic heterocycles. The first-order valence-corrected chi connectivity index (χ1v) is 9.30. The second kappa shape index (κ2) is 9.32. The highest BCUT2D eigenvalue weighted by Gasteiger charge is 2.33. The average Bonchev–Trinajstić information content (AvgIpc) is 2.85. The molecule has 1 aromatic rings. The first-order valence-electron chi connectivity index (χ1n) is 9.30. The van der Waals surface area contributed by atoms with Gasteiger partial charge in [0.1, 0.15) is 12.4 Å². The van der Waals surface area contributed by atoms with Crippen LogP contribution in [-0.2, 0) is 20.9 Å². The van der Waals surface area contributed by atoms with E-state index in [0.717, 1.165) is 5.56 Å². The van der Waals surface area contributed by atoms with Crippen LogP contribution in [0.4, 0.5) is 0 Å². The molecule has 0 spiro atoms. The van der Waals surface area contributed by atoms with E-state index in [0.29, 0.717) is 50.4 Å². The highest BCUT2D eigenvalue weighted by atomic mass is 32.1. The molecule has 2 heterocycles. The minimum Gasteiger partial charge on any atom is -0.491 e.